The van der Waals surface area contributed by atoms with Gasteiger partial charge in [0.15, 0.2) is 0 Å². The Balaban J connectivity index is 1.74. The van der Waals surface area contributed by atoms with E-state index in [4.69, 9.17) is 4.74 Å². The Morgan fingerprint density at radius 3 is 2.81 bits per heavy atom. The molecule has 6 atom stereocenters. The molecule has 0 bridgehead atoms. The van der Waals surface area contributed by atoms with Crippen LogP contribution in [0.4, 0.5) is 0 Å². The molecule has 1 unspecified atom stereocenters. The van der Waals surface area contributed by atoms with Crippen LogP contribution in [-0.4, -0.2) is 47.7 Å². The van der Waals surface area contributed by atoms with Crippen LogP contribution in [0, 0.1) is 11.8 Å². The van der Waals surface area contributed by atoms with Crippen molar-refractivity contribution >= 4 is 5.97 Å². The Kier molecular flexibility index (Phi) is 9.09. The van der Waals surface area contributed by atoms with E-state index in [-0.39, 0.29) is 30.2 Å². The van der Waals surface area contributed by atoms with Crippen molar-refractivity contribution in [2.24, 2.45) is 11.8 Å². The second-order valence-electron chi connectivity index (χ2n) is 7.85. The SMILES string of the molecule is CCCCC[C@H](O)C=C[C@@H]1[C@H]2CC(CCCCC(=O)OC)O[C@@H]2C[C@H]1O. The molecule has 2 rings (SSSR count). The van der Waals surface area contributed by atoms with Gasteiger partial charge in [0.25, 0.3) is 0 Å². The van der Waals surface area contributed by atoms with Crippen LogP contribution in [0.3, 0.4) is 0 Å². The highest BCUT2D eigenvalue weighted by Crippen LogP contribution is 2.45. The molecule has 1 heterocycles. The molecule has 0 amide bonds. The first-order chi connectivity index (χ1) is 12.5. The molecule has 1 saturated heterocycles. The molecule has 5 heteroatoms. The fourth-order valence-corrected chi connectivity index (χ4v) is 4.33. The number of aliphatic hydroxyl groups is 2. The van der Waals surface area contributed by atoms with Crippen LogP contribution in [-0.2, 0) is 14.3 Å². The van der Waals surface area contributed by atoms with Gasteiger partial charge in [-0.05, 0) is 31.6 Å². The zero-order valence-electron chi connectivity index (χ0n) is 16.3. The van der Waals surface area contributed by atoms with Crippen LogP contribution in [0.25, 0.3) is 0 Å². The predicted molar refractivity (Wildman–Crippen MR) is 101 cm³/mol. The summed E-state index contributed by atoms with van der Waals surface area (Å²) in [7, 11) is 1.42. The molecule has 5 nitrogen and oxygen atoms in total. The summed E-state index contributed by atoms with van der Waals surface area (Å²) in [6, 6.07) is 0. The minimum Gasteiger partial charge on any atom is -0.469 e. The van der Waals surface area contributed by atoms with E-state index in [0.717, 1.165) is 51.4 Å². The first-order valence-electron chi connectivity index (χ1n) is 10.3. The van der Waals surface area contributed by atoms with Gasteiger partial charge in [0.05, 0.1) is 31.5 Å². The molecule has 2 N–H and O–H groups in total. The summed E-state index contributed by atoms with van der Waals surface area (Å²) in [4.78, 5) is 11.1. The number of fused-ring (bicyclic) bond motifs is 1. The van der Waals surface area contributed by atoms with Gasteiger partial charge in [0.1, 0.15) is 0 Å². The van der Waals surface area contributed by atoms with E-state index in [9.17, 15) is 15.0 Å². The molecule has 150 valence electrons. The Hall–Kier alpha value is -0.910. The highest BCUT2D eigenvalue weighted by Gasteiger charge is 2.47. The largest absolute Gasteiger partial charge is 0.469 e. The number of rotatable bonds is 11. The second-order valence-corrected chi connectivity index (χ2v) is 7.85. The van der Waals surface area contributed by atoms with E-state index in [0.29, 0.717) is 18.8 Å². The lowest BCUT2D eigenvalue weighted by Crippen LogP contribution is -2.19. The van der Waals surface area contributed by atoms with Crippen molar-refractivity contribution in [3.8, 4) is 0 Å². The van der Waals surface area contributed by atoms with Crippen molar-refractivity contribution in [2.75, 3.05) is 7.11 Å². The summed E-state index contributed by atoms with van der Waals surface area (Å²) in [5.74, 6) is 0.274. The fourth-order valence-electron chi connectivity index (χ4n) is 4.33. The molecule has 0 aromatic rings. The van der Waals surface area contributed by atoms with Gasteiger partial charge in [-0.3, -0.25) is 4.79 Å². The van der Waals surface area contributed by atoms with Crippen LogP contribution in [0.1, 0.15) is 71.1 Å². The molecule has 0 aromatic heterocycles. The zero-order chi connectivity index (χ0) is 18.9. The molecular weight excluding hydrogens is 332 g/mol. The van der Waals surface area contributed by atoms with E-state index in [1.165, 1.54) is 7.11 Å². The van der Waals surface area contributed by atoms with Gasteiger partial charge in [-0.25, -0.2) is 0 Å². The molecule has 0 aromatic carbocycles. The lowest BCUT2D eigenvalue weighted by atomic mass is 9.89. The van der Waals surface area contributed by atoms with Gasteiger partial charge in [-0.15, -0.1) is 0 Å². The van der Waals surface area contributed by atoms with Crippen LogP contribution in [0.15, 0.2) is 12.2 Å². The molecular formula is C21H36O5. The van der Waals surface area contributed by atoms with Crippen LogP contribution in [0.5, 0.6) is 0 Å². The van der Waals surface area contributed by atoms with E-state index in [2.05, 4.69) is 11.7 Å². The van der Waals surface area contributed by atoms with E-state index in [1.807, 2.05) is 12.2 Å². The van der Waals surface area contributed by atoms with E-state index < -0.39 is 6.10 Å². The summed E-state index contributed by atoms with van der Waals surface area (Å²) in [6.07, 6.45) is 12.4. The van der Waals surface area contributed by atoms with Crippen molar-refractivity contribution < 1.29 is 24.5 Å². The van der Waals surface area contributed by atoms with Crippen molar-refractivity contribution in [1.29, 1.82) is 0 Å². The fraction of sp³-hybridized carbons (Fsp3) is 0.857. The number of carbonyl (C=O) groups excluding carboxylic acids is 1. The summed E-state index contributed by atoms with van der Waals surface area (Å²) in [5.41, 5.74) is 0. The highest BCUT2D eigenvalue weighted by atomic mass is 16.5. The standard InChI is InChI=1S/C21H36O5/c1-3-4-5-8-15(22)11-12-17-18-13-16(26-20(18)14-19(17)23)9-6-7-10-21(24)25-2/h11-12,15-20,22-23H,3-10,13-14H2,1-2H3/t15-,16?,17+,18+,19+,20+/m0/s1. The van der Waals surface area contributed by atoms with Crippen LogP contribution >= 0.6 is 0 Å². The maximum Gasteiger partial charge on any atom is 0.305 e. The summed E-state index contributed by atoms with van der Waals surface area (Å²) >= 11 is 0. The average Bonchev–Trinajstić information content (AvgIpc) is 3.13. The number of methoxy groups -OCH3 is 1. The Bertz CT molecular complexity index is 450. The van der Waals surface area contributed by atoms with Gasteiger partial charge in [0.2, 0.25) is 0 Å². The predicted octanol–water partition coefficient (Wildman–Crippen LogP) is 3.37. The first kappa shape index (κ1) is 21.4. The summed E-state index contributed by atoms with van der Waals surface area (Å²) < 4.78 is 10.8. The third kappa shape index (κ3) is 6.36. The number of unbranched alkanes of at least 4 members (excludes halogenated alkanes) is 3. The van der Waals surface area contributed by atoms with Crippen molar-refractivity contribution in [3.63, 3.8) is 0 Å². The Morgan fingerprint density at radius 1 is 1.27 bits per heavy atom. The number of esters is 1. The molecule has 0 spiro atoms. The molecule has 1 saturated carbocycles. The van der Waals surface area contributed by atoms with Crippen molar-refractivity contribution in [1.82, 2.24) is 0 Å². The van der Waals surface area contributed by atoms with Gasteiger partial charge < -0.3 is 19.7 Å². The number of ether oxygens (including phenoxy) is 2. The minimum atomic E-state index is -0.413. The number of carbonyl (C=O) groups is 1. The second kappa shape index (κ2) is 11.1. The third-order valence-electron chi connectivity index (χ3n) is 5.84. The van der Waals surface area contributed by atoms with Gasteiger partial charge in [-0.2, -0.15) is 0 Å². The number of hydrogen-bond acceptors (Lipinski definition) is 5. The minimum absolute atomic E-state index is 0.0842. The van der Waals surface area contributed by atoms with Gasteiger partial charge >= 0.3 is 5.97 Å². The monoisotopic (exact) mass is 368 g/mol. The molecule has 2 aliphatic rings. The molecule has 1 aliphatic heterocycles. The van der Waals surface area contributed by atoms with Crippen LogP contribution < -0.4 is 0 Å². The molecule has 26 heavy (non-hydrogen) atoms. The normalized spacial score (nSPS) is 32.1. The first-order valence-corrected chi connectivity index (χ1v) is 10.3. The van der Waals surface area contributed by atoms with E-state index in [1.54, 1.807) is 0 Å². The third-order valence-corrected chi connectivity index (χ3v) is 5.84. The number of hydrogen-bond donors (Lipinski definition) is 2. The highest BCUT2D eigenvalue weighted by molar-refractivity contribution is 5.68. The van der Waals surface area contributed by atoms with Crippen LogP contribution in [0.2, 0.25) is 0 Å². The Morgan fingerprint density at radius 2 is 2.08 bits per heavy atom. The lowest BCUT2D eigenvalue weighted by molar-refractivity contribution is -0.140. The van der Waals surface area contributed by atoms with E-state index >= 15 is 0 Å². The number of aliphatic hydroxyl groups excluding tert-OH is 2. The maximum absolute atomic E-state index is 11.1. The van der Waals surface area contributed by atoms with Crippen molar-refractivity contribution in [3.05, 3.63) is 12.2 Å². The quantitative estimate of drug-likeness (QED) is 0.332. The topological polar surface area (TPSA) is 76.0 Å². The Labute approximate surface area is 157 Å². The maximum atomic E-state index is 11.1. The molecule has 2 fully saturated rings. The van der Waals surface area contributed by atoms with Gasteiger partial charge in [0, 0.05) is 18.8 Å². The summed E-state index contributed by atoms with van der Waals surface area (Å²) in [6.45, 7) is 2.16. The summed E-state index contributed by atoms with van der Waals surface area (Å²) in [5, 5.41) is 20.4. The van der Waals surface area contributed by atoms with Gasteiger partial charge in [-0.1, -0.05) is 44.8 Å². The average molecular weight is 369 g/mol. The molecule has 1 aliphatic carbocycles. The molecule has 0 radical (unpaired) electrons. The smallest absolute Gasteiger partial charge is 0.305 e. The van der Waals surface area contributed by atoms with Crippen molar-refractivity contribution in [2.45, 2.75) is 95.5 Å². The lowest BCUT2D eigenvalue weighted by Gasteiger charge is -2.18. The zero-order valence-corrected chi connectivity index (χ0v) is 16.3.